The maximum Gasteiger partial charge on any atom is 0.207 e. The van der Waals surface area contributed by atoms with Crippen LogP contribution in [0.4, 0.5) is 0 Å². The van der Waals surface area contributed by atoms with Gasteiger partial charge in [0.25, 0.3) is 0 Å². The van der Waals surface area contributed by atoms with E-state index in [1.807, 2.05) is 18.1 Å². The van der Waals surface area contributed by atoms with E-state index >= 15 is 0 Å². The first kappa shape index (κ1) is 11.1. The molecule has 0 radical (unpaired) electrons. The fourth-order valence-corrected chi connectivity index (χ4v) is 2.27. The minimum atomic E-state index is 0.706. The number of hydrogen-bond acceptors (Lipinski definition) is 4. The Kier molecular flexibility index (Phi) is 4.04. The molecule has 0 aliphatic rings. The van der Waals surface area contributed by atoms with Crippen molar-refractivity contribution < 1.29 is 0 Å². The molecule has 0 N–H and O–H groups in total. The van der Waals surface area contributed by atoms with Gasteiger partial charge in [0, 0.05) is 18.1 Å². The van der Waals surface area contributed by atoms with E-state index in [0.29, 0.717) is 5.84 Å². The number of aliphatic imine (C=N–C) groups is 1. The zero-order chi connectivity index (χ0) is 10.6. The molecule has 1 heterocycles. The first-order chi connectivity index (χ1) is 6.63. The predicted molar refractivity (Wildman–Crippen MR) is 60.0 cm³/mol. The van der Waals surface area contributed by atoms with Crippen LogP contribution in [0.3, 0.4) is 0 Å². The summed E-state index contributed by atoms with van der Waals surface area (Å²) in [4.78, 5) is 10.8. The average molecular weight is 273 g/mol. The van der Waals surface area contributed by atoms with Gasteiger partial charge in [0.15, 0.2) is 3.92 Å². The third kappa shape index (κ3) is 3.09. The van der Waals surface area contributed by atoms with E-state index in [1.165, 1.54) is 0 Å². The maximum absolute atomic E-state index is 8.37. The highest BCUT2D eigenvalue weighted by atomic mass is 79.9. The van der Waals surface area contributed by atoms with Crippen LogP contribution >= 0.6 is 27.3 Å². The Morgan fingerprint density at radius 3 is 3.07 bits per heavy atom. The summed E-state index contributed by atoms with van der Waals surface area (Å²) in [6.07, 6.45) is 3.57. The summed E-state index contributed by atoms with van der Waals surface area (Å²) in [5.41, 5.74) is 0. The second kappa shape index (κ2) is 5.08. The van der Waals surface area contributed by atoms with Gasteiger partial charge in [-0.1, -0.05) is 0 Å². The molecule has 4 nitrogen and oxygen atoms in total. The number of rotatable bonds is 2. The highest BCUT2D eigenvalue weighted by molar-refractivity contribution is 9.11. The van der Waals surface area contributed by atoms with Crippen LogP contribution in [0, 0.1) is 11.5 Å². The molecule has 0 saturated carbocycles. The van der Waals surface area contributed by atoms with Gasteiger partial charge in [0.2, 0.25) is 6.19 Å². The highest BCUT2D eigenvalue weighted by Gasteiger charge is 2.04. The Balaban J connectivity index is 2.62. The van der Waals surface area contributed by atoms with Crippen molar-refractivity contribution in [2.45, 2.75) is 13.5 Å². The van der Waals surface area contributed by atoms with E-state index in [4.69, 9.17) is 5.26 Å². The van der Waals surface area contributed by atoms with Gasteiger partial charge in [-0.3, -0.25) is 0 Å². The van der Waals surface area contributed by atoms with Crippen molar-refractivity contribution >= 4 is 33.1 Å². The highest BCUT2D eigenvalue weighted by Crippen LogP contribution is 2.19. The minimum Gasteiger partial charge on any atom is -0.357 e. The molecular formula is C8H9BrN4S. The van der Waals surface area contributed by atoms with E-state index in [-0.39, 0.29) is 0 Å². The number of nitriles is 1. The second-order valence-electron chi connectivity index (χ2n) is 2.69. The number of aromatic nitrogens is 1. The molecule has 0 fully saturated rings. The Labute approximate surface area is 95.0 Å². The van der Waals surface area contributed by atoms with Crippen molar-refractivity contribution in [3.63, 3.8) is 0 Å². The van der Waals surface area contributed by atoms with Crippen LogP contribution in [-0.4, -0.2) is 22.8 Å². The van der Waals surface area contributed by atoms with Crippen molar-refractivity contribution in [2.75, 3.05) is 7.05 Å². The topological polar surface area (TPSA) is 52.3 Å². The third-order valence-corrected chi connectivity index (χ3v) is 3.14. The number of thiazole rings is 1. The molecule has 0 unspecified atom stereocenters. The number of nitrogens with zero attached hydrogens (tertiary/aromatic N) is 4. The van der Waals surface area contributed by atoms with Gasteiger partial charge < -0.3 is 4.90 Å². The van der Waals surface area contributed by atoms with E-state index < -0.39 is 0 Å². The van der Waals surface area contributed by atoms with Crippen LogP contribution in [0.15, 0.2) is 15.1 Å². The zero-order valence-electron chi connectivity index (χ0n) is 7.86. The fourth-order valence-electron chi connectivity index (χ4n) is 0.863. The molecule has 1 aromatic rings. The van der Waals surface area contributed by atoms with Crippen LogP contribution in [0.5, 0.6) is 0 Å². The molecule has 0 atom stereocenters. The lowest BCUT2D eigenvalue weighted by Crippen LogP contribution is -2.22. The molecule has 0 aliphatic heterocycles. The van der Waals surface area contributed by atoms with Gasteiger partial charge in [-0.15, -0.1) is 11.3 Å². The zero-order valence-corrected chi connectivity index (χ0v) is 10.3. The monoisotopic (exact) mass is 272 g/mol. The average Bonchev–Trinajstić information content (AvgIpc) is 2.51. The van der Waals surface area contributed by atoms with Crippen LogP contribution in [0.1, 0.15) is 11.8 Å². The lowest BCUT2D eigenvalue weighted by atomic mass is 10.4. The fraction of sp³-hybridized carbons (Fsp3) is 0.375. The van der Waals surface area contributed by atoms with Gasteiger partial charge in [-0.2, -0.15) is 10.3 Å². The molecule has 0 spiro atoms. The largest absolute Gasteiger partial charge is 0.357 e. The molecule has 6 heteroatoms. The SMILES string of the molecule is CC(=NC#N)N(C)Cc1cnc(Br)s1. The van der Waals surface area contributed by atoms with Crippen LogP contribution in [0.25, 0.3) is 0 Å². The maximum atomic E-state index is 8.37. The second-order valence-corrected chi connectivity index (χ2v) is 5.09. The molecule has 0 aromatic carbocycles. The van der Waals surface area contributed by atoms with Crippen molar-refractivity contribution in [2.24, 2.45) is 4.99 Å². The number of hydrogen-bond donors (Lipinski definition) is 0. The molecule has 14 heavy (non-hydrogen) atoms. The van der Waals surface area contributed by atoms with Crippen molar-refractivity contribution in [1.82, 2.24) is 9.88 Å². The van der Waals surface area contributed by atoms with Gasteiger partial charge in [-0.25, -0.2) is 4.98 Å². The van der Waals surface area contributed by atoms with Gasteiger partial charge in [-0.05, 0) is 22.9 Å². The lowest BCUT2D eigenvalue weighted by Gasteiger charge is -2.15. The third-order valence-electron chi connectivity index (χ3n) is 1.68. The molecule has 1 aromatic heterocycles. The lowest BCUT2D eigenvalue weighted by molar-refractivity contribution is 0.502. The van der Waals surface area contributed by atoms with E-state index in [0.717, 1.165) is 15.3 Å². The molecule has 1 rings (SSSR count). The van der Waals surface area contributed by atoms with Crippen LogP contribution in [0.2, 0.25) is 0 Å². The smallest absolute Gasteiger partial charge is 0.207 e. The number of halogens is 1. The van der Waals surface area contributed by atoms with Crippen molar-refractivity contribution in [3.05, 3.63) is 15.0 Å². The van der Waals surface area contributed by atoms with E-state index in [9.17, 15) is 0 Å². The molecular weight excluding hydrogens is 264 g/mol. The predicted octanol–water partition coefficient (Wildman–Crippen LogP) is 2.24. The normalized spacial score (nSPS) is 11.1. The van der Waals surface area contributed by atoms with Gasteiger partial charge >= 0.3 is 0 Å². The molecule has 0 aliphatic carbocycles. The molecule has 0 saturated heterocycles. The Bertz CT molecular complexity index is 379. The summed E-state index contributed by atoms with van der Waals surface area (Å²) in [5, 5.41) is 8.37. The summed E-state index contributed by atoms with van der Waals surface area (Å²) in [6.45, 7) is 2.53. The van der Waals surface area contributed by atoms with Crippen molar-refractivity contribution in [3.8, 4) is 6.19 Å². The molecule has 74 valence electrons. The Hall–Kier alpha value is -0.930. The van der Waals surface area contributed by atoms with E-state index in [2.05, 4.69) is 25.9 Å². The first-order valence-electron chi connectivity index (χ1n) is 3.88. The first-order valence-corrected chi connectivity index (χ1v) is 5.49. The molecule has 0 amide bonds. The van der Waals surface area contributed by atoms with Crippen LogP contribution < -0.4 is 0 Å². The van der Waals surface area contributed by atoms with E-state index in [1.54, 1.807) is 24.5 Å². The summed E-state index contributed by atoms with van der Waals surface area (Å²) < 4.78 is 0.871. The standard InChI is InChI=1S/C8H9BrN4S/c1-6(12-5-10)13(2)4-7-3-11-8(9)14-7/h3H,4H2,1-2H3. The summed E-state index contributed by atoms with van der Waals surface area (Å²) >= 11 is 4.87. The Morgan fingerprint density at radius 1 is 1.86 bits per heavy atom. The number of amidine groups is 1. The van der Waals surface area contributed by atoms with Crippen molar-refractivity contribution in [1.29, 1.82) is 5.26 Å². The summed E-state index contributed by atoms with van der Waals surface area (Å²) in [7, 11) is 1.89. The van der Waals surface area contributed by atoms with Crippen LogP contribution in [-0.2, 0) is 6.54 Å². The quantitative estimate of drug-likeness (QED) is 0.471. The summed E-state index contributed by atoms with van der Waals surface area (Å²) in [6, 6.07) is 0. The Morgan fingerprint density at radius 2 is 2.57 bits per heavy atom. The van der Waals surface area contributed by atoms with Gasteiger partial charge in [0.05, 0.1) is 6.54 Å². The summed E-state index contributed by atoms with van der Waals surface area (Å²) in [5.74, 6) is 0.706. The minimum absolute atomic E-state index is 0.706. The van der Waals surface area contributed by atoms with Gasteiger partial charge in [0.1, 0.15) is 5.84 Å². The molecule has 0 bridgehead atoms.